The Hall–Kier alpha value is -5.56. The smallest absolute Gasteiger partial charge is 0.254 e. The zero-order valence-electron chi connectivity index (χ0n) is 29.3. The van der Waals surface area contributed by atoms with E-state index in [0.717, 1.165) is 22.7 Å². The molecule has 3 nitrogen and oxygen atoms in total. The molecule has 0 spiro atoms. The lowest BCUT2D eigenvalue weighted by atomic mass is 9.33. The van der Waals surface area contributed by atoms with Crippen LogP contribution in [0.4, 0.5) is 50.5 Å². The van der Waals surface area contributed by atoms with Crippen LogP contribution in [0.2, 0.25) is 0 Å². The van der Waals surface area contributed by atoms with Crippen molar-refractivity contribution in [1.82, 2.24) is 0 Å². The lowest BCUT2D eigenvalue weighted by molar-refractivity contribution is 0.590. The first kappa shape index (κ1) is 31.2. The Labute approximate surface area is 313 Å². The summed E-state index contributed by atoms with van der Waals surface area (Å²) in [4.78, 5) is 7.44. The van der Waals surface area contributed by atoms with Crippen molar-refractivity contribution in [3.05, 3.63) is 168 Å². The van der Waals surface area contributed by atoms with Crippen LogP contribution in [0.25, 0.3) is 10.1 Å². The fourth-order valence-corrected chi connectivity index (χ4v) is 9.96. The second kappa shape index (κ2) is 12.0. The van der Waals surface area contributed by atoms with Gasteiger partial charge in [-0.05, 0) is 122 Å². The standard InChI is InChI=1S/C46H36BN3S2/c1-46(2,3)31-19-21-35(22-20-31)50-41-30-36(48(32-13-7-4-8-14-32)33-15-9-5-10-16-33)29-40-44(41)47(38-26-28-52-45(38)50)43-37-25-27-51-42(37)24-23-39(43)49(40)34-17-11-6-12-18-34/h4-30H,1-3H3. The summed E-state index contributed by atoms with van der Waals surface area (Å²) >= 11 is 3.66. The third-order valence-electron chi connectivity index (χ3n) is 10.6. The molecule has 6 heteroatoms. The highest BCUT2D eigenvalue weighted by Gasteiger charge is 2.45. The molecule has 52 heavy (non-hydrogen) atoms. The monoisotopic (exact) mass is 705 g/mol. The van der Waals surface area contributed by atoms with Crippen LogP contribution in [0, 0.1) is 0 Å². The molecule has 250 valence electrons. The van der Waals surface area contributed by atoms with Gasteiger partial charge in [-0.1, -0.05) is 93.6 Å². The van der Waals surface area contributed by atoms with E-state index in [-0.39, 0.29) is 12.1 Å². The van der Waals surface area contributed by atoms with Gasteiger partial charge in [0, 0.05) is 44.5 Å². The molecule has 0 amide bonds. The Bertz CT molecular complexity index is 2530. The third-order valence-corrected chi connectivity index (χ3v) is 12.4. The van der Waals surface area contributed by atoms with Gasteiger partial charge in [-0.15, -0.1) is 22.7 Å². The SMILES string of the molecule is CC(C)(C)c1ccc(N2c3cc(N(c4ccccc4)c4ccccc4)cc4c3B(c3ccsc32)c2c(ccc3sccc23)N4c2ccccc2)cc1. The molecule has 0 unspecified atom stereocenters. The summed E-state index contributed by atoms with van der Waals surface area (Å²) in [6.07, 6.45) is 0. The lowest BCUT2D eigenvalue weighted by Crippen LogP contribution is -2.61. The van der Waals surface area contributed by atoms with Crippen LogP contribution in [0.5, 0.6) is 0 Å². The average molecular weight is 706 g/mol. The summed E-state index contributed by atoms with van der Waals surface area (Å²) in [6.45, 7) is 6.94. The summed E-state index contributed by atoms with van der Waals surface area (Å²) in [5.41, 5.74) is 14.8. The fourth-order valence-electron chi connectivity index (χ4n) is 8.19. The van der Waals surface area contributed by atoms with Gasteiger partial charge >= 0.3 is 0 Å². The number of thiophene rings is 2. The highest BCUT2D eigenvalue weighted by molar-refractivity contribution is 7.20. The minimum atomic E-state index is 0.0658. The van der Waals surface area contributed by atoms with Gasteiger partial charge in [0.05, 0.1) is 10.7 Å². The second-order valence-corrected chi connectivity index (χ2v) is 16.5. The van der Waals surface area contributed by atoms with E-state index >= 15 is 0 Å². The van der Waals surface area contributed by atoms with Crippen molar-refractivity contribution in [2.45, 2.75) is 26.2 Å². The molecule has 4 heterocycles. The van der Waals surface area contributed by atoms with E-state index in [0.29, 0.717) is 0 Å². The van der Waals surface area contributed by atoms with Crippen LogP contribution < -0.4 is 31.1 Å². The summed E-state index contributed by atoms with van der Waals surface area (Å²) in [5, 5.41) is 7.14. The minimum Gasteiger partial charge on any atom is -0.311 e. The first-order chi connectivity index (χ1) is 25.5. The van der Waals surface area contributed by atoms with Gasteiger partial charge in [-0.2, -0.15) is 0 Å². The summed E-state index contributed by atoms with van der Waals surface area (Å²) in [6, 6.07) is 55.9. The highest BCUT2D eigenvalue weighted by atomic mass is 32.1. The number of hydrogen-bond donors (Lipinski definition) is 0. The molecule has 0 atom stereocenters. The normalized spacial score (nSPS) is 13.2. The van der Waals surface area contributed by atoms with Gasteiger partial charge < -0.3 is 14.7 Å². The van der Waals surface area contributed by atoms with Crippen molar-refractivity contribution in [2.75, 3.05) is 14.7 Å². The molecule has 8 aromatic rings. The number of anilines is 9. The Balaban J connectivity index is 1.32. The van der Waals surface area contributed by atoms with E-state index in [1.807, 2.05) is 22.7 Å². The summed E-state index contributed by atoms with van der Waals surface area (Å²) in [7, 11) is 0. The zero-order chi connectivity index (χ0) is 35.0. The maximum atomic E-state index is 2.53. The Morgan fingerprint density at radius 3 is 1.77 bits per heavy atom. The molecule has 10 rings (SSSR count). The van der Waals surface area contributed by atoms with Crippen LogP contribution in [-0.2, 0) is 5.41 Å². The molecule has 2 aliphatic heterocycles. The summed E-state index contributed by atoms with van der Waals surface area (Å²) in [5.74, 6) is 0. The maximum absolute atomic E-state index is 2.53. The van der Waals surface area contributed by atoms with Crippen molar-refractivity contribution in [3.63, 3.8) is 0 Å². The minimum absolute atomic E-state index is 0.0658. The van der Waals surface area contributed by atoms with Gasteiger partial charge in [0.1, 0.15) is 0 Å². The first-order valence-electron chi connectivity index (χ1n) is 17.9. The number of fused-ring (bicyclic) bond motifs is 6. The molecule has 0 saturated carbocycles. The van der Waals surface area contributed by atoms with E-state index < -0.39 is 0 Å². The molecule has 0 bridgehead atoms. The van der Waals surface area contributed by atoms with Gasteiger partial charge in [-0.25, -0.2) is 0 Å². The van der Waals surface area contributed by atoms with E-state index in [1.54, 1.807) is 0 Å². The molecule has 0 radical (unpaired) electrons. The number of hydrogen-bond acceptors (Lipinski definition) is 5. The number of nitrogens with zero attached hydrogens (tertiary/aromatic N) is 3. The molecule has 2 aliphatic rings. The zero-order valence-corrected chi connectivity index (χ0v) is 31.0. The quantitative estimate of drug-likeness (QED) is 0.165. The van der Waals surface area contributed by atoms with Gasteiger partial charge in [0.15, 0.2) is 0 Å². The largest absolute Gasteiger partial charge is 0.311 e. The predicted molar refractivity (Wildman–Crippen MR) is 227 cm³/mol. The number of benzene rings is 6. The molecule has 0 aliphatic carbocycles. The van der Waals surface area contributed by atoms with E-state index in [1.165, 1.54) is 59.8 Å². The molecule has 0 N–H and O–H groups in total. The van der Waals surface area contributed by atoms with Gasteiger partial charge in [0.25, 0.3) is 6.71 Å². The van der Waals surface area contributed by atoms with Crippen molar-refractivity contribution in [3.8, 4) is 0 Å². The molecular formula is C46H36BN3S2. The molecule has 2 aromatic heterocycles. The lowest BCUT2D eigenvalue weighted by Gasteiger charge is -2.44. The Morgan fingerprint density at radius 1 is 0.519 bits per heavy atom. The van der Waals surface area contributed by atoms with Gasteiger partial charge in [-0.3, -0.25) is 0 Å². The Morgan fingerprint density at radius 2 is 1.12 bits per heavy atom. The van der Waals surface area contributed by atoms with E-state index in [2.05, 4.69) is 198 Å². The van der Waals surface area contributed by atoms with Crippen LogP contribution in [0.3, 0.4) is 0 Å². The number of rotatable bonds is 5. The highest BCUT2D eigenvalue weighted by Crippen LogP contribution is 2.49. The first-order valence-corrected chi connectivity index (χ1v) is 19.6. The van der Waals surface area contributed by atoms with E-state index in [9.17, 15) is 0 Å². The van der Waals surface area contributed by atoms with Crippen molar-refractivity contribution < 1.29 is 0 Å². The van der Waals surface area contributed by atoms with E-state index in [4.69, 9.17) is 0 Å². The van der Waals surface area contributed by atoms with Crippen LogP contribution in [0.1, 0.15) is 26.3 Å². The van der Waals surface area contributed by atoms with Crippen LogP contribution >= 0.6 is 22.7 Å². The average Bonchev–Trinajstić information content (AvgIpc) is 3.86. The number of para-hydroxylation sites is 3. The second-order valence-electron chi connectivity index (χ2n) is 14.7. The Kier molecular flexibility index (Phi) is 7.21. The van der Waals surface area contributed by atoms with Crippen molar-refractivity contribution >= 4 is 106 Å². The molecule has 0 fully saturated rings. The third kappa shape index (κ3) is 4.86. The molecular weight excluding hydrogens is 669 g/mol. The molecule has 0 saturated heterocycles. The van der Waals surface area contributed by atoms with Gasteiger partial charge in [0.2, 0.25) is 0 Å². The van der Waals surface area contributed by atoms with Crippen molar-refractivity contribution in [1.29, 1.82) is 0 Å². The molecule has 6 aromatic carbocycles. The van der Waals surface area contributed by atoms with Crippen molar-refractivity contribution in [2.24, 2.45) is 0 Å². The fraction of sp³-hybridized carbons (Fsp3) is 0.0870. The predicted octanol–water partition coefficient (Wildman–Crippen LogP) is 11.8. The van der Waals surface area contributed by atoms with Crippen LogP contribution in [-0.4, -0.2) is 6.71 Å². The maximum Gasteiger partial charge on any atom is 0.254 e. The van der Waals surface area contributed by atoms with Crippen LogP contribution in [0.15, 0.2) is 162 Å². The topological polar surface area (TPSA) is 9.72 Å². The summed E-state index contributed by atoms with van der Waals surface area (Å²) < 4.78 is 1.32.